The molecule has 0 amide bonds. The van der Waals surface area contributed by atoms with E-state index in [2.05, 4.69) is 32.7 Å². The van der Waals surface area contributed by atoms with Crippen LogP contribution in [0.5, 0.6) is 17.2 Å². The molecule has 0 radical (unpaired) electrons. The van der Waals surface area contributed by atoms with Crippen LogP contribution in [-0.4, -0.2) is 53.0 Å². The van der Waals surface area contributed by atoms with Gasteiger partial charge in [-0.3, -0.25) is 4.99 Å². The highest BCUT2D eigenvalue weighted by molar-refractivity contribution is 14.0. The van der Waals surface area contributed by atoms with E-state index in [4.69, 9.17) is 14.2 Å². The number of halogens is 1. The standard InChI is InChI=1S/C23H30N4O3.HI/c1-24-23(26-18-8-9-21-22(14-18)30-13-5-12-29-21)25-15-17-10-11-27(16-17)19-6-3-4-7-20(19)28-2;/h3-4,6-9,14,17H,5,10-13,15-16H2,1-2H3,(H2,24,25,26);1H. The van der Waals surface area contributed by atoms with Crippen LogP contribution in [0.15, 0.2) is 47.5 Å². The molecule has 2 N–H and O–H groups in total. The van der Waals surface area contributed by atoms with Gasteiger partial charge >= 0.3 is 0 Å². The third-order valence-electron chi connectivity index (χ3n) is 5.50. The number of hydrogen-bond acceptors (Lipinski definition) is 5. The molecule has 2 aromatic carbocycles. The van der Waals surface area contributed by atoms with E-state index in [1.807, 2.05) is 30.3 Å². The maximum atomic E-state index is 5.78. The zero-order valence-corrected chi connectivity index (χ0v) is 20.4. The minimum Gasteiger partial charge on any atom is -0.495 e. The molecule has 0 aromatic heterocycles. The average Bonchev–Trinajstić information content (AvgIpc) is 3.13. The molecular weight excluding hydrogens is 507 g/mol. The topological polar surface area (TPSA) is 67.4 Å². The molecule has 2 aliphatic rings. The SMILES string of the molecule is CN=C(NCC1CCN(c2ccccc2OC)C1)Nc1ccc2c(c1)OCCCO2.I. The number of ether oxygens (including phenoxy) is 3. The molecule has 168 valence electrons. The van der Waals surface area contributed by atoms with E-state index in [0.717, 1.165) is 67.1 Å². The van der Waals surface area contributed by atoms with Gasteiger partial charge in [-0.1, -0.05) is 12.1 Å². The summed E-state index contributed by atoms with van der Waals surface area (Å²) in [4.78, 5) is 6.76. The van der Waals surface area contributed by atoms with Crippen LogP contribution in [0.25, 0.3) is 0 Å². The maximum Gasteiger partial charge on any atom is 0.195 e. The first-order valence-electron chi connectivity index (χ1n) is 10.5. The van der Waals surface area contributed by atoms with Crippen LogP contribution >= 0.6 is 24.0 Å². The lowest BCUT2D eigenvalue weighted by Gasteiger charge is -2.21. The first kappa shape index (κ1) is 23.3. The first-order chi connectivity index (χ1) is 14.8. The molecule has 0 bridgehead atoms. The Hall–Kier alpha value is -2.36. The molecule has 1 unspecified atom stereocenters. The van der Waals surface area contributed by atoms with Crippen LogP contribution in [0, 0.1) is 5.92 Å². The highest BCUT2D eigenvalue weighted by Crippen LogP contribution is 2.33. The number of para-hydroxylation sites is 2. The van der Waals surface area contributed by atoms with Crippen LogP contribution < -0.4 is 29.7 Å². The predicted octanol–water partition coefficient (Wildman–Crippen LogP) is 3.99. The van der Waals surface area contributed by atoms with Crippen molar-refractivity contribution in [1.29, 1.82) is 0 Å². The Labute approximate surface area is 201 Å². The van der Waals surface area contributed by atoms with Crippen LogP contribution in [-0.2, 0) is 0 Å². The molecule has 0 aliphatic carbocycles. The van der Waals surface area contributed by atoms with Gasteiger partial charge < -0.3 is 29.7 Å². The molecule has 1 saturated heterocycles. The summed E-state index contributed by atoms with van der Waals surface area (Å²) >= 11 is 0. The summed E-state index contributed by atoms with van der Waals surface area (Å²) < 4.78 is 17.0. The molecule has 7 nitrogen and oxygen atoms in total. The monoisotopic (exact) mass is 538 g/mol. The third-order valence-corrected chi connectivity index (χ3v) is 5.50. The lowest BCUT2D eigenvalue weighted by atomic mass is 10.1. The quantitative estimate of drug-likeness (QED) is 0.341. The van der Waals surface area contributed by atoms with E-state index in [1.54, 1.807) is 14.2 Å². The van der Waals surface area contributed by atoms with Gasteiger partial charge in [0.2, 0.25) is 0 Å². The first-order valence-corrected chi connectivity index (χ1v) is 10.5. The van der Waals surface area contributed by atoms with Gasteiger partial charge in [-0.2, -0.15) is 0 Å². The van der Waals surface area contributed by atoms with Gasteiger partial charge in [-0.15, -0.1) is 24.0 Å². The lowest BCUT2D eigenvalue weighted by Crippen LogP contribution is -2.35. The van der Waals surface area contributed by atoms with Crippen LogP contribution in [0.1, 0.15) is 12.8 Å². The van der Waals surface area contributed by atoms with Crippen molar-refractivity contribution in [3.63, 3.8) is 0 Å². The molecule has 4 rings (SSSR count). The number of rotatable bonds is 5. The minimum atomic E-state index is 0. The molecule has 1 fully saturated rings. The number of nitrogens with one attached hydrogen (secondary N) is 2. The van der Waals surface area contributed by atoms with Crippen LogP contribution in [0.2, 0.25) is 0 Å². The molecule has 0 spiro atoms. The Morgan fingerprint density at radius 1 is 1.16 bits per heavy atom. The molecule has 0 saturated carbocycles. The summed E-state index contributed by atoms with van der Waals surface area (Å²) in [5.74, 6) is 3.79. The maximum absolute atomic E-state index is 5.78. The van der Waals surface area contributed by atoms with Crippen molar-refractivity contribution in [3.8, 4) is 17.2 Å². The summed E-state index contributed by atoms with van der Waals surface area (Å²) in [6, 6.07) is 14.1. The molecule has 1 atom stereocenters. The van der Waals surface area contributed by atoms with Crippen LogP contribution in [0.3, 0.4) is 0 Å². The van der Waals surface area contributed by atoms with Gasteiger partial charge in [0.05, 0.1) is 26.0 Å². The van der Waals surface area contributed by atoms with E-state index in [0.29, 0.717) is 19.1 Å². The zero-order chi connectivity index (χ0) is 20.8. The van der Waals surface area contributed by atoms with E-state index in [1.165, 1.54) is 0 Å². The van der Waals surface area contributed by atoms with Gasteiger partial charge in [0.25, 0.3) is 0 Å². The van der Waals surface area contributed by atoms with Crippen molar-refractivity contribution in [2.24, 2.45) is 10.9 Å². The van der Waals surface area contributed by atoms with Gasteiger partial charge in [0, 0.05) is 44.9 Å². The number of guanidine groups is 1. The summed E-state index contributed by atoms with van der Waals surface area (Å²) in [6.07, 6.45) is 2.03. The highest BCUT2D eigenvalue weighted by atomic mass is 127. The summed E-state index contributed by atoms with van der Waals surface area (Å²) in [5, 5.41) is 6.82. The Kier molecular flexibility index (Phi) is 8.51. The molecule has 2 aliphatic heterocycles. The number of benzene rings is 2. The van der Waals surface area contributed by atoms with Crippen molar-refractivity contribution < 1.29 is 14.2 Å². The average molecular weight is 538 g/mol. The molecule has 8 heteroatoms. The van der Waals surface area contributed by atoms with E-state index < -0.39 is 0 Å². The Morgan fingerprint density at radius 3 is 2.77 bits per heavy atom. The molecular formula is C23H31IN4O3. The smallest absolute Gasteiger partial charge is 0.195 e. The van der Waals surface area contributed by atoms with Crippen molar-refractivity contribution in [2.75, 3.05) is 57.2 Å². The fourth-order valence-electron chi connectivity index (χ4n) is 3.91. The molecule has 2 aromatic rings. The number of aliphatic imine (C=N–C) groups is 1. The molecule has 2 heterocycles. The van der Waals surface area contributed by atoms with Crippen molar-refractivity contribution >= 4 is 41.3 Å². The number of fused-ring (bicyclic) bond motifs is 1. The Balaban J connectivity index is 0.00000272. The Bertz CT molecular complexity index is 893. The Morgan fingerprint density at radius 2 is 1.97 bits per heavy atom. The zero-order valence-electron chi connectivity index (χ0n) is 18.1. The van der Waals surface area contributed by atoms with Gasteiger partial charge in [-0.25, -0.2) is 0 Å². The number of hydrogen-bond donors (Lipinski definition) is 2. The van der Waals surface area contributed by atoms with Crippen molar-refractivity contribution in [2.45, 2.75) is 12.8 Å². The number of nitrogens with zero attached hydrogens (tertiary/aromatic N) is 2. The van der Waals surface area contributed by atoms with Crippen molar-refractivity contribution in [3.05, 3.63) is 42.5 Å². The normalized spacial score (nSPS) is 18.1. The third kappa shape index (κ3) is 5.87. The number of methoxy groups -OCH3 is 1. The minimum absolute atomic E-state index is 0. The number of anilines is 2. The fraction of sp³-hybridized carbons (Fsp3) is 0.435. The second kappa shape index (κ2) is 11.3. The predicted molar refractivity (Wildman–Crippen MR) is 136 cm³/mol. The lowest BCUT2D eigenvalue weighted by molar-refractivity contribution is 0.297. The second-order valence-electron chi connectivity index (χ2n) is 7.56. The summed E-state index contributed by atoms with van der Waals surface area (Å²) in [6.45, 7) is 4.25. The highest BCUT2D eigenvalue weighted by Gasteiger charge is 2.24. The van der Waals surface area contributed by atoms with E-state index in [9.17, 15) is 0 Å². The van der Waals surface area contributed by atoms with Gasteiger partial charge in [0.1, 0.15) is 5.75 Å². The van der Waals surface area contributed by atoms with Gasteiger partial charge in [0.15, 0.2) is 17.5 Å². The van der Waals surface area contributed by atoms with Crippen molar-refractivity contribution in [1.82, 2.24) is 5.32 Å². The van der Waals surface area contributed by atoms with E-state index >= 15 is 0 Å². The van der Waals surface area contributed by atoms with E-state index in [-0.39, 0.29) is 24.0 Å². The fourth-order valence-corrected chi connectivity index (χ4v) is 3.91. The second-order valence-corrected chi connectivity index (χ2v) is 7.56. The summed E-state index contributed by atoms with van der Waals surface area (Å²) in [5.41, 5.74) is 2.09. The largest absolute Gasteiger partial charge is 0.495 e. The molecule has 31 heavy (non-hydrogen) atoms. The van der Waals surface area contributed by atoms with Gasteiger partial charge in [-0.05, 0) is 36.6 Å². The summed E-state index contributed by atoms with van der Waals surface area (Å²) in [7, 11) is 3.51. The van der Waals surface area contributed by atoms with Crippen LogP contribution in [0.4, 0.5) is 11.4 Å².